The Balaban J connectivity index is 1.16. The Hall–Kier alpha value is -3.58. The lowest BCUT2D eigenvalue weighted by Crippen LogP contribution is -2.50. The van der Waals surface area contributed by atoms with E-state index in [9.17, 15) is 9.18 Å². The highest BCUT2D eigenvalue weighted by molar-refractivity contribution is 5.78. The highest BCUT2D eigenvalue weighted by Crippen LogP contribution is 2.44. The summed E-state index contributed by atoms with van der Waals surface area (Å²) < 4.78 is 32.1. The van der Waals surface area contributed by atoms with Gasteiger partial charge in [-0.1, -0.05) is 44.2 Å². The minimum absolute atomic E-state index is 0.000476. The fraction of sp³-hybridized carbons (Fsp3) is 0.424. The van der Waals surface area contributed by atoms with E-state index in [1.165, 1.54) is 6.07 Å². The standard InChI is InChI=1S/C33H39FN2O4/c1-23(2)30-20-25(29-9-4-5-10-31(29)34)21-40-33(30)24-7-6-8-28(19-24)39-22-32(37)36-17-15-35(16-18-36)26-11-13-27(38-3)14-12-26/h4-14,19,23,25,30,33H,15-18,20-22H2,1-3H3/t25-,30-,33-/m0/s1. The number of carbonyl (C=O) groups is 1. The smallest absolute Gasteiger partial charge is 0.260 e. The fourth-order valence-corrected chi connectivity index (χ4v) is 5.88. The Bertz CT molecular complexity index is 1270. The zero-order valence-electron chi connectivity index (χ0n) is 23.6. The first-order valence-corrected chi connectivity index (χ1v) is 14.2. The number of methoxy groups -OCH3 is 1. The summed E-state index contributed by atoms with van der Waals surface area (Å²) in [6.07, 6.45) is 0.753. The van der Waals surface area contributed by atoms with Gasteiger partial charge in [0.1, 0.15) is 17.3 Å². The fourth-order valence-electron chi connectivity index (χ4n) is 5.88. The van der Waals surface area contributed by atoms with Crippen LogP contribution in [-0.4, -0.2) is 57.3 Å². The van der Waals surface area contributed by atoms with Crippen LogP contribution in [0.2, 0.25) is 0 Å². The third-order valence-electron chi connectivity index (χ3n) is 8.24. The lowest BCUT2D eigenvalue weighted by atomic mass is 9.76. The van der Waals surface area contributed by atoms with Gasteiger partial charge in [-0.2, -0.15) is 0 Å². The molecule has 2 aliphatic rings. The highest BCUT2D eigenvalue weighted by atomic mass is 19.1. The molecule has 3 aromatic rings. The normalized spacial score (nSPS) is 21.4. The Morgan fingerprint density at radius 3 is 2.42 bits per heavy atom. The topological polar surface area (TPSA) is 51.2 Å². The number of benzene rings is 3. The van der Waals surface area contributed by atoms with Gasteiger partial charge < -0.3 is 24.0 Å². The zero-order valence-corrected chi connectivity index (χ0v) is 23.6. The Morgan fingerprint density at radius 1 is 0.975 bits per heavy atom. The maximum Gasteiger partial charge on any atom is 0.260 e. The summed E-state index contributed by atoms with van der Waals surface area (Å²) in [5, 5.41) is 0. The molecular weight excluding hydrogens is 507 g/mol. The molecule has 0 aliphatic carbocycles. The van der Waals surface area contributed by atoms with Crippen LogP contribution in [0.4, 0.5) is 10.1 Å². The molecule has 0 saturated carbocycles. The lowest BCUT2D eigenvalue weighted by molar-refractivity contribution is -0.133. The van der Waals surface area contributed by atoms with Gasteiger partial charge in [0, 0.05) is 37.8 Å². The highest BCUT2D eigenvalue weighted by Gasteiger charge is 2.36. The molecule has 5 rings (SSSR count). The van der Waals surface area contributed by atoms with E-state index in [1.807, 2.05) is 59.5 Å². The number of piperazine rings is 1. The van der Waals surface area contributed by atoms with Gasteiger partial charge in [-0.25, -0.2) is 4.39 Å². The quantitative estimate of drug-likeness (QED) is 0.343. The SMILES string of the molecule is COc1ccc(N2CCN(C(=O)COc3cccc([C@@H]4OC[C@@H](c5ccccc5F)C[C@H]4C(C)C)c3)CC2)cc1. The molecule has 3 aromatic carbocycles. The third-order valence-corrected chi connectivity index (χ3v) is 8.24. The van der Waals surface area contributed by atoms with E-state index in [1.54, 1.807) is 13.2 Å². The summed E-state index contributed by atoms with van der Waals surface area (Å²) in [4.78, 5) is 17.1. The average Bonchev–Trinajstić information content (AvgIpc) is 3.00. The molecule has 0 N–H and O–H groups in total. The monoisotopic (exact) mass is 546 g/mol. The van der Waals surface area contributed by atoms with E-state index in [-0.39, 0.29) is 36.3 Å². The Morgan fingerprint density at radius 2 is 1.73 bits per heavy atom. The number of nitrogens with zero attached hydrogens (tertiary/aromatic N) is 2. The number of hydrogen-bond acceptors (Lipinski definition) is 5. The maximum atomic E-state index is 14.5. The minimum Gasteiger partial charge on any atom is -0.497 e. The number of hydrogen-bond donors (Lipinski definition) is 0. The van der Waals surface area contributed by atoms with Crippen LogP contribution in [0.3, 0.4) is 0 Å². The van der Waals surface area contributed by atoms with E-state index in [0.29, 0.717) is 31.4 Å². The van der Waals surface area contributed by atoms with Crippen molar-refractivity contribution in [1.82, 2.24) is 4.90 Å². The molecule has 2 heterocycles. The summed E-state index contributed by atoms with van der Waals surface area (Å²) in [5.74, 6) is 1.94. The molecule has 7 heteroatoms. The summed E-state index contributed by atoms with van der Waals surface area (Å²) in [5.41, 5.74) is 2.89. The molecule has 6 nitrogen and oxygen atoms in total. The molecule has 2 saturated heterocycles. The van der Waals surface area contributed by atoms with Crippen molar-refractivity contribution >= 4 is 11.6 Å². The van der Waals surface area contributed by atoms with E-state index in [2.05, 4.69) is 24.8 Å². The van der Waals surface area contributed by atoms with E-state index >= 15 is 0 Å². The predicted molar refractivity (Wildman–Crippen MR) is 155 cm³/mol. The van der Waals surface area contributed by atoms with Crippen molar-refractivity contribution in [1.29, 1.82) is 0 Å². The van der Waals surface area contributed by atoms with Gasteiger partial charge in [0.05, 0.1) is 19.8 Å². The number of ether oxygens (including phenoxy) is 3. The van der Waals surface area contributed by atoms with Crippen LogP contribution in [0.5, 0.6) is 11.5 Å². The van der Waals surface area contributed by atoms with E-state index in [0.717, 1.165) is 42.1 Å². The largest absolute Gasteiger partial charge is 0.497 e. The molecule has 2 fully saturated rings. The van der Waals surface area contributed by atoms with Crippen molar-refractivity contribution in [2.24, 2.45) is 11.8 Å². The van der Waals surface area contributed by atoms with Crippen molar-refractivity contribution in [3.05, 3.63) is 89.7 Å². The molecule has 2 aliphatic heterocycles. The summed E-state index contributed by atoms with van der Waals surface area (Å²) >= 11 is 0. The third kappa shape index (κ3) is 6.41. The molecule has 212 valence electrons. The molecule has 0 spiro atoms. The van der Waals surface area contributed by atoms with Crippen LogP contribution < -0.4 is 14.4 Å². The Kier molecular flexibility index (Phi) is 8.90. The number of amides is 1. The van der Waals surface area contributed by atoms with Crippen LogP contribution in [-0.2, 0) is 9.53 Å². The second-order valence-corrected chi connectivity index (χ2v) is 11.0. The first kappa shape index (κ1) is 28.0. The molecule has 0 bridgehead atoms. The summed E-state index contributed by atoms with van der Waals surface area (Å²) in [6.45, 7) is 7.72. The van der Waals surface area contributed by atoms with Gasteiger partial charge in [-0.05, 0) is 71.8 Å². The van der Waals surface area contributed by atoms with E-state index < -0.39 is 0 Å². The van der Waals surface area contributed by atoms with Crippen LogP contribution in [0.1, 0.15) is 43.4 Å². The van der Waals surface area contributed by atoms with Crippen molar-refractivity contribution in [3.63, 3.8) is 0 Å². The number of carbonyl (C=O) groups excluding carboxylic acids is 1. The van der Waals surface area contributed by atoms with Crippen molar-refractivity contribution in [3.8, 4) is 11.5 Å². The zero-order chi connectivity index (χ0) is 28.1. The number of rotatable bonds is 8. The van der Waals surface area contributed by atoms with Gasteiger partial charge in [-0.3, -0.25) is 4.79 Å². The van der Waals surface area contributed by atoms with Crippen molar-refractivity contribution in [2.45, 2.75) is 32.3 Å². The first-order valence-electron chi connectivity index (χ1n) is 14.2. The van der Waals surface area contributed by atoms with Gasteiger partial charge in [0.25, 0.3) is 5.91 Å². The van der Waals surface area contributed by atoms with Crippen LogP contribution in [0, 0.1) is 17.7 Å². The molecular formula is C33H39FN2O4. The minimum atomic E-state index is -0.167. The second kappa shape index (κ2) is 12.7. The van der Waals surface area contributed by atoms with E-state index in [4.69, 9.17) is 14.2 Å². The van der Waals surface area contributed by atoms with Gasteiger partial charge in [0.15, 0.2) is 6.61 Å². The molecule has 3 atom stereocenters. The predicted octanol–water partition coefficient (Wildman–Crippen LogP) is 6.08. The summed E-state index contributed by atoms with van der Waals surface area (Å²) in [6, 6.07) is 22.9. The number of anilines is 1. The molecule has 0 aromatic heterocycles. The van der Waals surface area contributed by atoms with Crippen LogP contribution in [0.15, 0.2) is 72.8 Å². The van der Waals surface area contributed by atoms with Gasteiger partial charge >= 0.3 is 0 Å². The second-order valence-electron chi connectivity index (χ2n) is 11.0. The number of halogens is 1. The lowest BCUT2D eigenvalue weighted by Gasteiger charge is -2.39. The maximum absolute atomic E-state index is 14.5. The van der Waals surface area contributed by atoms with Crippen molar-refractivity contribution < 1.29 is 23.4 Å². The molecule has 0 radical (unpaired) electrons. The van der Waals surface area contributed by atoms with Crippen LogP contribution in [0.25, 0.3) is 0 Å². The molecule has 0 unspecified atom stereocenters. The average molecular weight is 547 g/mol. The molecule has 40 heavy (non-hydrogen) atoms. The van der Waals surface area contributed by atoms with Crippen LogP contribution >= 0.6 is 0 Å². The van der Waals surface area contributed by atoms with Gasteiger partial charge in [0.2, 0.25) is 0 Å². The summed E-state index contributed by atoms with van der Waals surface area (Å²) in [7, 11) is 1.66. The first-order chi connectivity index (χ1) is 19.4. The Labute approximate surface area is 236 Å². The van der Waals surface area contributed by atoms with Crippen molar-refractivity contribution in [2.75, 3.05) is 51.4 Å². The van der Waals surface area contributed by atoms with Gasteiger partial charge in [-0.15, -0.1) is 0 Å². The molecule has 1 amide bonds.